The molecule has 0 spiro atoms. The molecule has 3 aromatic heterocycles. The van der Waals surface area contributed by atoms with E-state index in [-0.39, 0.29) is 46.9 Å². The van der Waals surface area contributed by atoms with Crippen LogP contribution in [0.25, 0.3) is 22.3 Å². The van der Waals surface area contributed by atoms with Gasteiger partial charge in [0.1, 0.15) is 35.1 Å². The number of imidazole rings is 1. The molecule has 5 heterocycles. The molecule has 0 unspecified atom stereocenters. The van der Waals surface area contributed by atoms with Crippen LogP contribution >= 0.6 is 0 Å². The Kier molecular flexibility index (Phi) is 6.43. The number of likely N-dealkylation sites (tertiary alicyclic amines) is 1. The van der Waals surface area contributed by atoms with Crippen molar-refractivity contribution >= 4 is 28.7 Å². The van der Waals surface area contributed by atoms with E-state index in [1.54, 1.807) is 30.0 Å². The largest absolute Gasteiger partial charge is 0.371 e. The van der Waals surface area contributed by atoms with Crippen molar-refractivity contribution in [2.45, 2.75) is 39.0 Å². The number of aromatic nitrogens is 5. The Morgan fingerprint density at radius 3 is 2.44 bits per heavy atom. The van der Waals surface area contributed by atoms with Crippen LogP contribution < -0.4 is 5.32 Å². The van der Waals surface area contributed by atoms with Crippen molar-refractivity contribution in [2.24, 2.45) is 0 Å². The summed E-state index contributed by atoms with van der Waals surface area (Å²) in [6.45, 7) is 7.75. The summed E-state index contributed by atoms with van der Waals surface area (Å²) in [5, 5.41) is 2.93. The van der Waals surface area contributed by atoms with E-state index in [0.717, 1.165) is 6.20 Å². The van der Waals surface area contributed by atoms with Crippen LogP contribution in [0.4, 0.5) is 20.5 Å². The molecule has 1 N–H and O–H groups in total. The maximum Gasteiger partial charge on any atom is 0.255 e. The number of pyridine rings is 1. The van der Waals surface area contributed by atoms with Crippen LogP contribution in [0.1, 0.15) is 36.1 Å². The molecule has 10 nitrogen and oxygen atoms in total. The van der Waals surface area contributed by atoms with Gasteiger partial charge in [-0.1, -0.05) is 0 Å². The summed E-state index contributed by atoms with van der Waals surface area (Å²) >= 11 is 0. The minimum atomic E-state index is -0.695. The van der Waals surface area contributed by atoms with E-state index in [1.807, 2.05) is 18.4 Å². The highest BCUT2D eigenvalue weighted by atomic mass is 19.1. The van der Waals surface area contributed by atoms with Crippen LogP contribution in [0.15, 0.2) is 36.7 Å². The summed E-state index contributed by atoms with van der Waals surface area (Å²) in [7, 11) is 0. The van der Waals surface area contributed by atoms with Crippen molar-refractivity contribution in [3.05, 3.63) is 59.7 Å². The minimum Gasteiger partial charge on any atom is -0.371 e. The second-order valence-corrected chi connectivity index (χ2v) is 9.92. The Morgan fingerprint density at radius 2 is 1.77 bits per heavy atom. The highest BCUT2D eigenvalue weighted by Gasteiger charge is 2.39. The fourth-order valence-electron chi connectivity index (χ4n) is 5.21. The molecule has 0 saturated carbocycles. The summed E-state index contributed by atoms with van der Waals surface area (Å²) in [6.07, 6.45) is 2.26. The SMILES string of the molecule is Cc1nc2c(F)cc(-c3nc(Nc4ccc(C(=O)N5C[C@@H]6OCCO[C@@H]6C5)cn4)ncc3F)cc2n1C(C)C. The number of aryl methyl sites for hydroxylation is 1. The predicted octanol–water partition coefficient (Wildman–Crippen LogP) is 4.04. The van der Waals surface area contributed by atoms with Gasteiger partial charge in [0, 0.05) is 30.9 Å². The number of carbonyl (C=O) groups is 1. The minimum absolute atomic E-state index is 0.0364. The van der Waals surface area contributed by atoms with Crippen molar-refractivity contribution in [2.75, 3.05) is 31.6 Å². The van der Waals surface area contributed by atoms with Gasteiger partial charge >= 0.3 is 0 Å². The zero-order valence-electron chi connectivity index (χ0n) is 21.7. The van der Waals surface area contributed by atoms with E-state index in [1.165, 1.54) is 12.3 Å². The number of nitrogens with zero attached hydrogens (tertiary/aromatic N) is 6. The Bertz CT molecular complexity index is 1540. The maximum atomic E-state index is 15.0. The number of anilines is 2. The zero-order valence-corrected chi connectivity index (χ0v) is 21.7. The Morgan fingerprint density at radius 1 is 1.03 bits per heavy atom. The molecule has 4 aromatic rings. The summed E-state index contributed by atoms with van der Waals surface area (Å²) < 4.78 is 43.0. The first-order valence-electron chi connectivity index (χ1n) is 12.7. The van der Waals surface area contributed by atoms with Crippen LogP contribution in [0.3, 0.4) is 0 Å². The van der Waals surface area contributed by atoms with Crippen molar-refractivity contribution in [3.63, 3.8) is 0 Å². The topological polar surface area (TPSA) is 107 Å². The fraction of sp³-hybridized carbons (Fsp3) is 0.370. The van der Waals surface area contributed by atoms with Gasteiger partial charge in [-0.15, -0.1) is 0 Å². The number of hydrogen-bond donors (Lipinski definition) is 1. The molecule has 0 bridgehead atoms. The Balaban J connectivity index is 1.22. The van der Waals surface area contributed by atoms with Gasteiger partial charge in [-0.3, -0.25) is 4.79 Å². The van der Waals surface area contributed by atoms with Gasteiger partial charge in [0.2, 0.25) is 5.95 Å². The van der Waals surface area contributed by atoms with Gasteiger partial charge in [-0.05, 0) is 45.0 Å². The molecule has 0 aliphatic carbocycles. The second-order valence-electron chi connectivity index (χ2n) is 9.92. The number of benzene rings is 1. The molecule has 39 heavy (non-hydrogen) atoms. The molecule has 2 aliphatic heterocycles. The van der Waals surface area contributed by atoms with Gasteiger partial charge < -0.3 is 24.3 Å². The molecule has 202 valence electrons. The van der Waals surface area contributed by atoms with Crippen molar-refractivity contribution in [1.82, 2.24) is 29.4 Å². The molecule has 2 fully saturated rings. The average molecular weight is 536 g/mol. The number of halogens is 2. The normalized spacial score (nSPS) is 19.1. The standard InChI is InChI=1S/C27H27F2N7O3/c1-14(2)36-15(3)32-25-18(28)8-17(9-20(25)36)24-19(29)11-31-27(34-24)33-23-5-4-16(10-30-23)26(37)35-12-21-22(13-35)39-7-6-38-21/h4-5,8-11,14,21-22H,6-7,12-13H2,1-3H3,(H,30,31,33,34)/t21-,22+. The molecule has 12 heteroatoms. The third-order valence-electron chi connectivity index (χ3n) is 6.96. The summed E-state index contributed by atoms with van der Waals surface area (Å²) in [6, 6.07) is 6.19. The average Bonchev–Trinajstić information content (AvgIpc) is 3.51. The van der Waals surface area contributed by atoms with E-state index in [2.05, 4.69) is 25.3 Å². The molecule has 1 aromatic carbocycles. The number of fused-ring (bicyclic) bond motifs is 2. The first kappa shape index (κ1) is 25.3. The molecule has 1 amide bonds. The first-order chi connectivity index (χ1) is 18.8. The fourth-order valence-corrected chi connectivity index (χ4v) is 5.21. The first-order valence-corrected chi connectivity index (χ1v) is 12.7. The number of rotatable bonds is 5. The third-order valence-corrected chi connectivity index (χ3v) is 6.96. The van der Waals surface area contributed by atoms with Crippen LogP contribution in [0, 0.1) is 18.6 Å². The van der Waals surface area contributed by atoms with Crippen LogP contribution in [0.5, 0.6) is 0 Å². The number of hydrogen-bond acceptors (Lipinski definition) is 8. The summed E-state index contributed by atoms with van der Waals surface area (Å²) in [5.41, 5.74) is 1.40. The predicted molar refractivity (Wildman–Crippen MR) is 139 cm³/mol. The van der Waals surface area contributed by atoms with Crippen LogP contribution in [-0.4, -0.2) is 73.8 Å². The van der Waals surface area contributed by atoms with Crippen LogP contribution in [-0.2, 0) is 9.47 Å². The maximum absolute atomic E-state index is 15.0. The van der Waals surface area contributed by atoms with E-state index in [4.69, 9.17) is 9.47 Å². The number of carbonyl (C=O) groups excluding carboxylic acids is 1. The number of ether oxygens (including phenoxy) is 2. The van der Waals surface area contributed by atoms with Crippen molar-refractivity contribution in [3.8, 4) is 11.3 Å². The lowest BCUT2D eigenvalue weighted by atomic mass is 10.1. The quantitative estimate of drug-likeness (QED) is 0.408. The molecule has 2 aliphatic rings. The summed E-state index contributed by atoms with van der Waals surface area (Å²) in [4.78, 5) is 31.6. The summed E-state index contributed by atoms with van der Waals surface area (Å²) in [5.74, 6) is -0.316. The molecule has 6 rings (SSSR count). The second kappa shape index (κ2) is 9.93. The number of nitrogens with one attached hydrogen (secondary N) is 1. The van der Waals surface area contributed by atoms with Crippen molar-refractivity contribution in [1.29, 1.82) is 0 Å². The molecule has 2 saturated heterocycles. The highest BCUT2D eigenvalue weighted by molar-refractivity contribution is 5.94. The third kappa shape index (κ3) is 4.70. The van der Waals surface area contributed by atoms with Crippen molar-refractivity contribution < 1.29 is 23.0 Å². The number of amides is 1. The molecular weight excluding hydrogens is 508 g/mol. The molecular formula is C27H27F2N7O3. The zero-order chi connectivity index (χ0) is 27.3. The van der Waals surface area contributed by atoms with Gasteiger partial charge in [-0.25, -0.2) is 28.7 Å². The van der Waals surface area contributed by atoms with Gasteiger partial charge in [0.15, 0.2) is 11.6 Å². The van der Waals surface area contributed by atoms with E-state index in [0.29, 0.717) is 49.0 Å². The molecule has 2 atom stereocenters. The monoisotopic (exact) mass is 535 g/mol. The van der Waals surface area contributed by atoms with E-state index >= 15 is 0 Å². The highest BCUT2D eigenvalue weighted by Crippen LogP contribution is 2.30. The van der Waals surface area contributed by atoms with Gasteiger partial charge in [-0.2, -0.15) is 0 Å². The lowest BCUT2D eigenvalue weighted by molar-refractivity contribution is -0.116. The lowest BCUT2D eigenvalue weighted by Gasteiger charge is -2.24. The van der Waals surface area contributed by atoms with Crippen LogP contribution in [0.2, 0.25) is 0 Å². The van der Waals surface area contributed by atoms with Gasteiger partial charge in [0.25, 0.3) is 5.91 Å². The lowest BCUT2D eigenvalue weighted by Crippen LogP contribution is -2.36. The van der Waals surface area contributed by atoms with E-state index < -0.39 is 11.6 Å². The Labute approximate surface area is 223 Å². The smallest absolute Gasteiger partial charge is 0.255 e. The van der Waals surface area contributed by atoms with E-state index in [9.17, 15) is 13.6 Å². The van der Waals surface area contributed by atoms with Gasteiger partial charge in [0.05, 0.1) is 30.5 Å². The Hall–Kier alpha value is -4.03. The molecule has 0 radical (unpaired) electrons.